The summed E-state index contributed by atoms with van der Waals surface area (Å²) in [6.07, 6.45) is 2.02. The number of benzene rings is 1. The summed E-state index contributed by atoms with van der Waals surface area (Å²) in [5.41, 5.74) is 1.78. The molecule has 2 aromatic rings. The molecule has 1 amide bonds. The van der Waals surface area contributed by atoms with Gasteiger partial charge in [0.15, 0.2) is 0 Å². The van der Waals surface area contributed by atoms with Gasteiger partial charge in [-0.25, -0.2) is 0 Å². The van der Waals surface area contributed by atoms with E-state index in [1.54, 1.807) is 0 Å². The lowest BCUT2D eigenvalue weighted by atomic mass is 9.96. The van der Waals surface area contributed by atoms with E-state index in [-0.39, 0.29) is 11.8 Å². The fraction of sp³-hybridized carbons (Fsp3) is 0.550. The third kappa shape index (κ3) is 4.30. The number of aromatic nitrogens is 3. The molecule has 1 unspecified atom stereocenters. The average molecular weight is 371 g/mol. The van der Waals surface area contributed by atoms with Gasteiger partial charge < -0.3 is 19.3 Å². The van der Waals surface area contributed by atoms with Crippen molar-refractivity contribution in [1.82, 2.24) is 24.6 Å². The second-order valence-electron chi connectivity index (χ2n) is 7.81. The number of nitrogens with zero attached hydrogens (tertiary/aromatic N) is 6. The third-order valence-electron chi connectivity index (χ3n) is 5.14. The molecule has 1 aromatic heterocycles. The lowest BCUT2D eigenvalue weighted by Gasteiger charge is -2.32. The van der Waals surface area contributed by atoms with Crippen LogP contribution in [-0.2, 0) is 13.6 Å². The van der Waals surface area contributed by atoms with Gasteiger partial charge in [0.1, 0.15) is 11.6 Å². The van der Waals surface area contributed by atoms with Crippen LogP contribution in [0.25, 0.3) is 0 Å². The summed E-state index contributed by atoms with van der Waals surface area (Å²) in [4.78, 5) is 19.1. The highest BCUT2D eigenvalue weighted by Gasteiger charge is 2.29. The van der Waals surface area contributed by atoms with Gasteiger partial charge in [-0.15, -0.1) is 10.2 Å². The van der Waals surface area contributed by atoms with Crippen LogP contribution < -0.4 is 4.90 Å². The van der Waals surface area contributed by atoms with Gasteiger partial charge in [0.25, 0.3) is 5.91 Å². The molecule has 1 aliphatic rings. The number of piperidine rings is 1. The minimum absolute atomic E-state index is 0.0964. The first-order valence-corrected chi connectivity index (χ1v) is 9.46. The van der Waals surface area contributed by atoms with Crippen molar-refractivity contribution in [1.29, 1.82) is 0 Å². The van der Waals surface area contributed by atoms with Crippen molar-refractivity contribution < 1.29 is 4.79 Å². The summed E-state index contributed by atoms with van der Waals surface area (Å²) >= 11 is 0. The minimum atomic E-state index is 0.0964. The number of likely N-dealkylation sites (tertiary alicyclic amines) is 1. The Bertz CT molecular complexity index is 798. The van der Waals surface area contributed by atoms with E-state index in [0.29, 0.717) is 6.54 Å². The van der Waals surface area contributed by atoms with Crippen LogP contribution in [0.2, 0.25) is 0 Å². The van der Waals surface area contributed by atoms with Gasteiger partial charge in [0.2, 0.25) is 0 Å². The molecule has 7 nitrogen and oxygen atoms in total. The van der Waals surface area contributed by atoms with Gasteiger partial charge in [0, 0.05) is 51.4 Å². The van der Waals surface area contributed by atoms with Gasteiger partial charge in [-0.2, -0.15) is 0 Å². The van der Waals surface area contributed by atoms with Crippen LogP contribution in [0.1, 0.15) is 40.8 Å². The monoisotopic (exact) mass is 370 g/mol. The number of hydrogen-bond acceptors (Lipinski definition) is 5. The summed E-state index contributed by atoms with van der Waals surface area (Å²) in [6, 6.07) is 7.82. The van der Waals surface area contributed by atoms with E-state index in [4.69, 9.17) is 0 Å². The van der Waals surface area contributed by atoms with Crippen LogP contribution >= 0.6 is 0 Å². The topological polar surface area (TPSA) is 57.5 Å². The number of anilines is 1. The first-order valence-electron chi connectivity index (χ1n) is 9.46. The van der Waals surface area contributed by atoms with Gasteiger partial charge >= 0.3 is 0 Å². The van der Waals surface area contributed by atoms with E-state index >= 15 is 0 Å². The molecule has 0 aliphatic carbocycles. The molecule has 7 heteroatoms. The maximum Gasteiger partial charge on any atom is 0.253 e. The van der Waals surface area contributed by atoms with E-state index < -0.39 is 0 Å². The molecule has 0 N–H and O–H groups in total. The maximum atomic E-state index is 13.0. The highest BCUT2D eigenvalue weighted by Crippen LogP contribution is 2.27. The third-order valence-corrected chi connectivity index (χ3v) is 5.14. The van der Waals surface area contributed by atoms with E-state index in [1.807, 2.05) is 69.3 Å². The minimum Gasteiger partial charge on any atom is -0.378 e. The molecule has 1 fully saturated rings. The first-order chi connectivity index (χ1) is 12.9. The lowest BCUT2D eigenvalue weighted by molar-refractivity contribution is 0.0703. The predicted octanol–water partition coefficient (Wildman–Crippen LogP) is 1.96. The number of rotatable bonds is 5. The van der Waals surface area contributed by atoms with E-state index in [1.165, 1.54) is 0 Å². The van der Waals surface area contributed by atoms with Crippen molar-refractivity contribution >= 4 is 11.6 Å². The first kappa shape index (κ1) is 19.4. The number of hydrogen-bond donors (Lipinski definition) is 0. The quantitative estimate of drug-likeness (QED) is 0.805. The van der Waals surface area contributed by atoms with E-state index in [9.17, 15) is 4.79 Å². The van der Waals surface area contributed by atoms with Crippen molar-refractivity contribution in [2.75, 3.05) is 46.2 Å². The van der Waals surface area contributed by atoms with Crippen molar-refractivity contribution in [2.45, 2.75) is 25.3 Å². The zero-order valence-corrected chi connectivity index (χ0v) is 17.0. The molecular weight excluding hydrogens is 340 g/mol. The molecule has 1 aromatic carbocycles. The fourth-order valence-electron chi connectivity index (χ4n) is 3.62. The number of carbonyl (C=O) groups excluding carboxylic acids is 1. The number of amides is 1. The van der Waals surface area contributed by atoms with Crippen LogP contribution in [0.4, 0.5) is 5.69 Å². The van der Waals surface area contributed by atoms with Crippen molar-refractivity contribution in [3.8, 4) is 0 Å². The van der Waals surface area contributed by atoms with E-state index in [0.717, 1.165) is 48.8 Å². The van der Waals surface area contributed by atoms with Gasteiger partial charge in [-0.05, 0) is 45.1 Å². The molecule has 1 atom stereocenters. The summed E-state index contributed by atoms with van der Waals surface area (Å²) in [5, 5.41) is 8.79. The van der Waals surface area contributed by atoms with Gasteiger partial charge in [0.05, 0.1) is 6.54 Å². The lowest BCUT2D eigenvalue weighted by Crippen LogP contribution is -2.39. The summed E-state index contributed by atoms with van der Waals surface area (Å²) in [6.45, 7) is 2.25. The molecular formula is C20H30N6O. The van der Waals surface area contributed by atoms with Crippen LogP contribution in [0, 0.1) is 0 Å². The number of carbonyl (C=O) groups is 1. The largest absolute Gasteiger partial charge is 0.378 e. The van der Waals surface area contributed by atoms with Crippen LogP contribution in [-0.4, -0.2) is 71.8 Å². The van der Waals surface area contributed by atoms with Crippen molar-refractivity contribution in [3.05, 3.63) is 41.5 Å². The summed E-state index contributed by atoms with van der Waals surface area (Å²) < 4.78 is 2.09. The Kier molecular flexibility index (Phi) is 5.79. The zero-order valence-electron chi connectivity index (χ0n) is 17.0. The summed E-state index contributed by atoms with van der Waals surface area (Å²) in [7, 11) is 10.0. The van der Waals surface area contributed by atoms with Gasteiger partial charge in [-0.3, -0.25) is 4.79 Å². The van der Waals surface area contributed by atoms with Gasteiger partial charge in [-0.1, -0.05) is 6.07 Å². The second kappa shape index (κ2) is 8.08. The van der Waals surface area contributed by atoms with Crippen LogP contribution in [0.3, 0.4) is 0 Å². The Morgan fingerprint density at radius 3 is 2.70 bits per heavy atom. The second-order valence-corrected chi connectivity index (χ2v) is 7.81. The molecule has 1 saturated heterocycles. The Labute approximate surface area is 161 Å². The molecule has 146 valence electrons. The smallest absolute Gasteiger partial charge is 0.253 e. The summed E-state index contributed by atoms with van der Waals surface area (Å²) in [5.74, 6) is 2.26. The zero-order chi connectivity index (χ0) is 19.6. The van der Waals surface area contributed by atoms with Crippen molar-refractivity contribution in [2.24, 2.45) is 7.05 Å². The van der Waals surface area contributed by atoms with E-state index in [2.05, 4.69) is 19.7 Å². The molecule has 0 bridgehead atoms. The molecule has 27 heavy (non-hydrogen) atoms. The Morgan fingerprint density at radius 2 is 2.00 bits per heavy atom. The van der Waals surface area contributed by atoms with Crippen LogP contribution in [0.15, 0.2) is 24.3 Å². The highest BCUT2D eigenvalue weighted by molar-refractivity contribution is 5.95. The molecule has 0 spiro atoms. The maximum absolute atomic E-state index is 13.0. The Morgan fingerprint density at radius 1 is 1.22 bits per heavy atom. The fourth-order valence-corrected chi connectivity index (χ4v) is 3.62. The molecule has 0 radical (unpaired) electrons. The predicted molar refractivity (Wildman–Crippen MR) is 107 cm³/mol. The standard InChI is InChI=1S/C20H30N6O/c1-23(2)14-18-21-22-19(25(18)5)16-9-7-11-26(13-16)20(27)15-8-6-10-17(12-15)24(3)4/h6,8,10,12,16H,7,9,11,13-14H2,1-5H3. The molecule has 3 rings (SSSR count). The molecule has 1 aliphatic heterocycles. The SMILES string of the molecule is CN(C)Cc1nnc(C2CCCN(C(=O)c3cccc(N(C)C)c3)C2)n1C. The Balaban J connectivity index is 1.75. The van der Waals surface area contributed by atoms with Crippen molar-refractivity contribution in [3.63, 3.8) is 0 Å². The highest BCUT2D eigenvalue weighted by atomic mass is 16.2. The van der Waals surface area contributed by atoms with Crippen LogP contribution in [0.5, 0.6) is 0 Å². The average Bonchev–Trinajstić information content (AvgIpc) is 3.01. The molecule has 0 saturated carbocycles. The Hall–Kier alpha value is -2.41. The molecule has 2 heterocycles. The normalized spacial score (nSPS) is 17.4.